The third-order valence-electron chi connectivity index (χ3n) is 4.02. The van der Waals surface area contributed by atoms with Gasteiger partial charge in [-0.05, 0) is 29.5 Å². The fourth-order valence-corrected chi connectivity index (χ4v) is 2.82. The van der Waals surface area contributed by atoms with Crippen LogP contribution in [0.2, 0.25) is 0 Å². The molecule has 1 fully saturated rings. The molecular formula is C15H16N2O3. The second-order valence-corrected chi connectivity index (χ2v) is 5.41. The maximum atomic E-state index is 12.4. The van der Waals surface area contributed by atoms with E-state index in [0.717, 1.165) is 10.9 Å². The highest BCUT2D eigenvalue weighted by molar-refractivity contribution is 5.98. The van der Waals surface area contributed by atoms with Crippen LogP contribution >= 0.6 is 0 Å². The van der Waals surface area contributed by atoms with Gasteiger partial charge in [0.1, 0.15) is 0 Å². The number of fused-ring (bicyclic) bond motifs is 1. The van der Waals surface area contributed by atoms with Gasteiger partial charge in [-0.2, -0.15) is 0 Å². The van der Waals surface area contributed by atoms with Crippen molar-refractivity contribution in [3.63, 3.8) is 0 Å². The van der Waals surface area contributed by atoms with Crippen LogP contribution < -0.4 is 0 Å². The molecule has 1 aliphatic heterocycles. The second-order valence-electron chi connectivity index (χ2n) is 5.41. The van der Waals surface area contributed by atoms with Crippen molar-refractivity contribution < 1.29 is 14.7 Å². The molecule has 1 amide bonds. The van der Waals surface area contributed by atoms with Crippen LogP contribution in [0.4, 0.5) is 0 Å². The van der Waals surface area contributed by atoms with E-state index in [0.29, 0.717) is 12.1 Å². The first-order valence-corrected chi connectivity index (χ1v) is 6.65. The number of hydrogen-bond donors (Lipinski definition) is 2. The molecule has 2 unspecified atom stereocenters. The molecule has 5 heteroatoms. The third-order valence-corrected chi connectivity index (χ3v) is 4.02. The van der Waals surface area contributed by atoms with Gasteiger partial charge in [-0.1, -0.05) is 13.0 Å². The van der Waals surface area contributed by atoms with Gasteiger partial charge in [0.2, 0.25) is 0 Å². The van der Waals surface area contributed by atoms with E-state index in [1.807, 2.05) is 31.3 Å². The van der Waals surface area contributed by atoms with E-state index in [1.54, 1.807) is 11.0 Å². The second kappa shape index (κ2) is 4.67. The molecule has 0 aliphatic carbocycles. The Morgan fingerprint density at radius 3 is 2.80 bits per heavy atom. The maximum absolute atomic E-state index is 12.4. The van der Waals surface area contributed by atoms with Gasteiger partial charge in [0, 0.05) is 30.4 Å². The highest BCUT2D eigenvalue weighted by Crippen LogP contribution is 2.25. The normalized spacial score (nSPS) is 22.4. The number of hydrogen-bond acceptors (Lipinski definition) is 2. The van der Waals surface area contributed by atoms with Crippen LogP contribution in [0.3, 0.4) is 0 Å². The zero-order valence-electron chi connectivity index (χ0n) is 11.2. The minimum atomic E-state index is -0.826. The van der Waals surface area contributed by atoms with Crippen molar-refractivity contribution in [2.45, 2.75) is 6.92 Å². The summed E-state index contributed by atoms with van der Waals surface area (Å²) < 4.78 is 0. The molecule has 20 heavy (non-hydrogen) atoms. The van der Waals surface area contributed by atoms with Crippen molar-refractivity contribution in [2.75, 3.05) is 13.1 Å². The van der Waals surface area contributed by atoms with E-state index in [9.17, 15) is 9.59 Å². The molecule has 1 aliphatic rings. The van der Waals surface area contributed by atoms with E-state index >= 15 is 0 Å². The molecule has 104 valence electrons. The molecule has 0 saturated carbocycles. The summed E-state index contributed by atoms with van der Waals surface area (Å²) in [5.41, 5.74) is 1.51. The number of carboxylic acids is 1. The highest BCUT2D eigenvalue weighted by Gasteiger charge is 2.37. The largest absolute Gasteiger partial charge is 0.481 e. The lowest BCUT2D eigenvalue weighted by atomic mass is 9.99. The Balaban J connectivity index is 1.84. The van der Waals surface area contributed by atoms with Crippen molar-refractivity contribution in [3.05, 3.63) is 36.0 Å². The standard InChI is InChI=1S/C15H16N2O3/c1-9-7-17(8-12(9)15(19)20)14(18)11-3-2-10-4-5-16-13(10)6-11/h2-6,9,12,16H,7-8H2,1H3,(H,19,20). The van der Waals surface area contributed by atoms with E-state index < -0.39 is 11.9 Å². The fraction of sp³-hybridized carbons (Fsp3) is 0.333. The van der Waals surface area contributed by atoms with Crippen LogP contribution in [0.15, 0.2) is 30.5 Å². The summed E-state index contributed by atoms with van der Waals surface area (Å²) in [5, 5.41) is 10.2. The molecule has 2 heterocycles. The summed E-state index contributed by atoms with van der Waals surface area (Å²) in [6.45, 7) is 2.66. The number of carbonyl (C=O) groups excluding carboxylic acids is 1. The molecule has 1 aromatic carbocycles. The number of H-pyrrole nitrogens is 1. The first kappa shape index (κ1) is 12.7. The molecule has 3 rings (SSSR count). The monoisotopic (exact) mass is 272 g/mol. The first-order chi connectivity index (χ1) is 9.56. The zero-order valence-corrected chi connectivity index (χ0v) is 11.2. The van der Waals surface area contributed by atoms with Gasteiger partial charge in [0.15, 0.2) is 0 Å². The van der Waals surface area contributed by atoms with Crippen molar-refractivity contribution in [3.8, 4) is 0 Å². The summed E-state index contributed by atoms with van der Waals surface area (Å²) >= 11 is 0. The van der Waals surface area contributed by atoms with Crippen LogP contribution in [-0.2, 0) is 4.79 Å². The number of benzene rings is 1. The Kier molecular flexibility index (Phi) is 2.97. The number of carbonyl (C=O) groups is 2. The van der Waals surface area contributed by atoms with Gasteiger partial charge in [-0.15, -0.1) is 0 Å². The predicted molar refractivity (Wildman–Crippen MR) is 74.5 cm³/mol. The van der Waals surface area contributed by atoms with E-state index in [2.05, 4.69) is 4.98 Å². The number of aromatic amines is 1. The fourth-order valence-electron chi connectivity index (χ4n) is 2.82. The van der Waals surface area contributed by atoms with Crippen LogP contribution in [-0.4, -0.2) is 40.0 Å². The lowest BCUT2D eigenvalue weighted by Crippen LogP contribution is -2.29. The molecule has 2 atom stereocenters. The Hall–Kier alpha value is -2.30. The Morgan fingerprint density at radius 1 is 1.30 bits per heavy atom. The minimum Gasteiger partial charge on any atom is -0.481 e. The quantitative estimate of drug-likeness (QED) is 0.877. The van der Waals surface area contributed by atoms with E-state index in [1.165, 1.54) is 0 Å². The Bertz CT molecular complexity index is 677. The number of rotatable bonds is 2. The van der Waals surface area contributed by atoms with Crippen LogP contribution in [0, 0.1) is 11.8 Å². The van der Waals surface area contributed by atoms with E-state index in [-0.39, 0.29) is 18.4 Å². The average molecular weight is 272 g/mol. The van der Waals surface area contributed by atoms with Crippen molar-refractivity contribution in [1.29, 1.82) is 0 Å². The molecule has 2 aromatic rings. The smallest absolute Gasteiger partial charge is 0.308 e. The molecule has 0 spiro atoms. The highest BCUT2D eigenvalue weighted by atomic mass is 16.4. The van der Waals surface area contributed by atoms with Gasteiger partial charge in [0.05, 0.1) is 5.92 Å². The van der Waals surface area contributed by atoms with Gasteiger partial charge in [-0.25, -0.2) is 0 Å². The molecular weight excluding hydrogens is 256 g/mol. The minimum absolute atomic E-state index is 0.00864. The summed E-state index contributed by atoms with van der Waals surface area (Å²) in [5.74, 6) is -1.40. The van der Waals surface area contributed by atoms with Gasteiger partial charge >= 0.3 is 5.97 Å². The maximum Gasteiger partial charge on any atom is 0.308 e. The first-order valence-electron chi connectivity index (χ1n) is 6.65. The number of aromatic nitrogens is 1. The molecule has 1 saturated heterocycles. The molecule has 0 bridgehead atoms. The van der Waals surface area contributed by atoms with E-state index in [4.69, 9.17) is 5.11 Å². The number of amides is 1. The van der Waals surface area contributed by atoms with Crippen LogP contribution in [0.5, 0.6) is 0 Å². The number of aliphatic carboxylic acids is 1. The third kappa shape index (κ3) is 2.05. The van der Waals surface area contributed by atoms with Crippen molar-refractivity contribution in [1.82, 2.24) is 9.88 Å². The lowest BCUT2D eigenvalue weighted by molar-refractivity contribution is -0.142. The Morgan fingerprint density at radius 2 is 2.10 bits per heavy atom. The van der Waals surface area contributed by atoms with Gasteiger partial charge < -0.3 is 15.0 Å². The predicted octanol–water partition coefficient (Wildman–Crippen LogP) is 1.96. The average Bonchev–Trinajstić information content (AvgIpc) is 3.02. The summed E-state index contributed by atoms with van der Waals surface area (Å²) in [7, 11) is 0. The molecule has 5 nitrogen and oxygen atoms in total. The SMILES string of the molecule is CC1CN(C(=O)c2ccc3cc[nH]c3c2)CC1C(=O)O. The van der Waals surface area contributed by atoms with Gasteiger partial charge in [0.25, 0.3) is 5.91 Å². The zero-order chi connectivity index (χ0) is 14.3. The molecule has 2 N–H and O–H groups in total. The number of nitrogens with zero attached hydrogens (tertiary/aromatic N) is 1. The van der Waals surface area contributed by atoms with Crippen molar-refractivity contribution in [2.24, 2.45) is 11.8 Å². The summed E-state index contributed by atoms with van der Waals surface area (Å²) in [6, 6.07) is 7.45. The lowest BCUT2D eigenvalue weighted by Gasteiger charge is -2.16. The molecule has 1 aromatic heterocycles. The summed E-state index contributed by atoms with van der Waals surface area (Å²) in [4.78, 5) is 28.3. The number of carboxylic acid groups (broad SMARTS) is 1. The topological polar surface area (TPSA) is 73.4 Å². The van der Waals surface area contributed by atoms with Crippen molar-refractivity contribution >= 4 is 22.8 Å². The van der Waals surface area contributed by atoms with Gasteiger partial charge in [-0.3, -0.25) is 9.59 Å². The van der Waals surface area contributed by atoms with Crippen LogP contribution in [0.25, 0.3) is 10.9 Å². The summed E-state index contributed by atoms with van der Waals surface area (Å²) in [6.07, 6.45) is 1.83. The Labute approximate surface area is 116 Å². The molecule has 0 radical (unpaired) electrons. The number of nitrogens with one attached hydrogen (secondary N) is 1. The number of likely N-dealkylation sites (tertiary alicyclic amines) is 1. The van der Waals surface area contributed by atoms with Crippen LogP contribution in [0.1, 0.15) is 17.3 Å².